The van der Waals surface area contributed by atoms with Gasteiger partial charge in [-0.1, -0.05) is 54.6 Å². The van der Waals surface area contributed by atoms with Crippen LogP contribution in [0.5, 0.6) is 0 Å². The maximum Gasteiger partial charge on any atom is 0.0554 e. The summed E-state index contributed by atoms with van der Waals surface area (Å²) in [6.07, 6.45) is 5.87. The molecule has 0 unspecified atom stereocenters. The summed E-state index contributed by atoms with van der Waals surface area (Å²) in [4.78, 5) is 0. The molecule has 2 aliphatic rings. The maximum atomic E-state index is 3.77. The van der Waals surface area contributed by atoms with E-state index in [2.05, 4.69) is 81.9 Å². The van der Waals surface area contributed by atoms with E-state index in [1.807, 2.05) is 0 Å². The summed E-state index contributed by atoms with van der Waals surface area (Å²) in [7, 11) is 0. The smallest absolute Gasteiger partial charge is 0.0554 e. The molecule has 0 radical (unpaired) electrons. The van der Waals surface area contributed by atoms with Gasteiger partial charge < -0.3 is 5.32 Å². The summed E-state index contributed by atoms with van der Waals surface area (Å²) < 4.78 is 1.16. The van der Waals surface area contributed by atoms with Crippen molar-refractivity contribution in [3.8, 4) is 0 Å². The molecule has 1 heterocycles. The second kappa shape index (κ2) is 4.78. The van der Waals surface area contributed by atoms with Gasteiger partial charge in [-0.3, -0.25) is 0 Å². The Bertz CT molecular complexity index is 662. The molecule has 0 fully saturated rings. The number of anilines is 1. The van der Waals surface area contributed by atoms with E-state index in [0.717, 1.165) is 10.9 Å². The minimum atomic E-state index is 0.391. The van der Waals surface area contributed by atoms with E-state index in [1.54, 1.807) is 0 Å². The van der Waals surface area contributed by atoms with Crippen LogP contribution in [0.4, 0.5) is 5.69 Å². The minimum Gasteiger partial charge on any atom is -0.377 e. The topological polar surface area (TPSA) is 12.0 Å². The van der Waals surface area contributed by atoms with Crippen LogP contribution >= 0.6 is 15.9 Å². The van der Waals surface area contributed by atoms with Crippen LogP contribution < -0.4 is 5.32 Å². The van der Waals surface area contributed by atoms with Crippen molar-refractivity contribution in [2.24, 2.45) is 5.92 Å². The van der Waals surface area contributed by atoms with Gasteiger partial charge in [0.1, 0.15) is 0 Å². The third kappa shape index (κ3) is 1.82. The molecule has 4 rings (SSSR count). The van der Waals surface area contributed by atoms with Gasteiger partial charge in [0, 0.05) is 10.4 Å². The van der Waals surface area contributed by atoms with Crippen LogP contribution in [0.3, 0.4) is 0 Å². The fourth-order valence-electron chi connectivity index (χ4n) is 3.57. The van der Waals surface area contributed by atoms with Crippen molar-refractivity contribution in [1.82, 2.24) is 0 Å². The van der Waals surface area contributed by atoms with Crippen LogP contribution in [-0.4, -0.2) is 0 Å². The lowest BCUT2D eigenvalue weighted by molar-refractivity contribution is 0.425. The molecule has 1 aliphatic heterocycles. The Morgan fingerprint density at radius 3 is 2.70 bits per heavy atom. The molecular formula is C18H16BrN. The Labute approximate surface area is 127 Å². The highest BCUT2D eigenvalue weighted by Crippen LogP contribution is 2.51. The zero-order valence-electron chi connectivity index (χ0n) is 11.1. The lowest BCUT2D eigenvalue weighted by Crippen LogP contribution is -2.29. The first-order valence-corrected chi connectivity index (χ1v) is 7.90. The molecule has 2 heteroatoms. The first-order chi connectivity index (χ1) is 9.84. The van der Waals surface area contributed by atoms with E-state index in [-0.39, 0.29) is 0 Å². The van der Waals surface area contributed by atoms with Gasteiger partial charge in [-0.25, -0.2) is 0 Å². The van der Waals surface area contributed by atoms with Gasteiger partial charge in [0.15, 0.2) is 0 Å². The first-order valence-electron chi connectivity index (χ1n) is 7.11. The predicted molar refractivity (Wildman–Crippen MR) is 86.9 cm³/mol. The molecule has 2 aromatic rings. The van der Waals surface area contributed by atoms with Gasteiger partial charge in [0.2, 0.25) is 0 Å². The molecule has 20 heavy (non-hydrogen) atoms. The van der Waals surface area contributed by atoms with Gasteiger partial charge in [-0.15, -0.1) is 0 Å². The molecule has 0 saturated carbocycles. The molecule has 0 saturated heterocycles. The number of rotatable bonds is 1. The highest BCUT2D eigenvalue weighted by atomic mass is 79.9. The molecule has 0 spiro atoms. The van der Waals surface area contributed by atoms with Crippen LogP contribution in [0.1, 0.15) is 29.5 Å². The van der Waals surface area contributed by atoms with E-state index in [0.29, 0.717) is 17.9 Å². The Kier molecular flexibility index (Phi) is 2.92. The zero-order chi connectivity index (χ0) is 13.5. The van der Waals surface area contributed by atoms with E-state index in [1.165, 1.54) is 16.8 Å². The van der Waals surface area contributed by atoms with Gasteiger partial charge >= 0.3 is 0 Å². The molecule has 3 atom stereocenters. The van der Waals surface area contributed by atoms with Crippen molar-refractivity contribution in [2.75, 3.05) is 5.32 Å². The molecule has 0 aromatic heterocycles. The SMILES string of the molecule is Brc1cccc2c1N[C@@H](c1ccccc1)[C@H]1CC=C[C@@H]21. The normalized spacial score (nSPS) is 26.8. The third-order valence-corrected chi connectivity index (χ3v) is 5.17. The molecule has 1 nitrogen and oxygen atoms in total. The standard InChI is InChI=1S/C18H16BrN/c19-16-11-5-10-15-13-8-4-9-14(13)17(20-18(15)16)12-6-2-1-3-7-12/h1-8,10-11,13-14,17,20H,9H2/t13-,14+,17+/m1/s1. The number of nitrogens with one attached hydrogen (secondary N) is 1. The summed E-state index contributed by atoms with van der Waals surface area (Å²) in [6.45, 7) is 0. The average Bonchev–Trinajstić information content (AvgIpc) is 2.97. The van der Waals surface area contributed by atoms with Crippen LogP contribution in [0, 0.1) is 5.92 Å². The Morgan fingerprint density at radius 1 is 1.00 bits per heavy atom. The van der Waals surface area contributed by atoms with E-state index >= 15 is 0 Å². The quantitative estimate of drug-likeness (QED) is 0.704. The van der Waals surface area contributed by atoms with Crippen molar-refractivity contribution in [2.45, 2.75) is 18.4 Å². The summed E-state index contributed by atoms with van der Waals surface area (Å²) in [5, 5.41) is 3.77. The Hall–Kier alpha value is -1.54. The highest BCUT2D eigenvalue weighted by molar-refractivity contribution is 9.10. The Morgan fingerprint density at radius 2 is 1.85 bits per heavy atom. The predicted octanol–water partition coefficient (Wildman–Crippen LogP) is 5.28. The second-order valence-electron chi connectivity index (χ2n) is 5.59. The van der Waals surface area contributed by atoms with Gasteiger partial charge in [-0.2, -0.15) is 0 Å². The van der Waals surface area contributed by atoms with Gasteiger partial charge in [0.25, 0.3) is 0 Å². The summed E-state index contributed by atoms with van der Waals surface area (Å²) in [6, 6.07) is 17.7. The highest BCUT2D eigenvalue weighted by Gasteiger charge is 2.38. The minimum absolute atomic E-state index is 0.391. The fourth-order valence-corrected chi connectivity index (χ4v) is 4.07. The van der Waals surface area contributed by atoms with Crippen LogP contribution in [-0.2, 0) is 0 Å². The lowest BCUT2D eigenvalue weighted by atomic mass is 9.77. The van der Waals surface area contributed by atoms with Gasteiger partial charge in [0.05, 0.1) is 11.7 Å². The number of halogens is 1. The summed E-state index contributed by atoms with van der Waals surface area (Å²) >= 11 is 3.69. The van der Waals surface area contributed by atoms with Gasteiger partial charge in [-0.05, 0) is 45.5 Å². The average molecular weight is 326 g/mol. The number of benzene rings is 2. The molecule has 1 aliphatic carbocycles. The number of hydrogen-bond donors (Lipinski definition) is 1. The van der Waals surface area contributed by atoms with Crippen LogP contribution in [0.25, 0.3) is 0 Å². The van der Waals surface area contributed by atoms with Crippen LogP contribution in [0.2, 0.25) is 0 Å². The number of allylic oxidation sites excluding steroid dienone is 2. The van der Waals surface area contributed by atoms with Crippen molar-refractivity contribution >= 4 is 21.6 Å². The molecule has 0 amide bonds. The fraction of sp³-hybridized carbons (Fsp3) is 0.222. The first kappa shape index (κ1) is 12.2. The number of fused-ring (bicyclic) bond motifs is 3. The van der Waals surface area contributed by atoms with E-state index < -0.39 is 0 Å². The van der Waals surface area contributed by atoms with Crippen LogP contribution in [0.15, 0.2) is 65.2 Å². The maximum absolute atomic E-state index is 3.77. The number of para-hydroxylation sites is 1. The second-order valence-corrected chi connectivity index (χ2v) is 6.44. The van der Waals surface area contributed by atoms with E-state index in [9.17, 15) is 0 Å². The number of hydrogen-bond acceptors (Lipinski definition) is 1. The van der Waals surface area contributed by atoms with Crippen molar-refractivity contribution in [3.63, 3.8) is 0 Å². The van der Waals surface area contributed by atoms with Crippen molar-refractivity contribution in [3.05, 3.63) is 76.3 Å². The molecular weight excluding hydrogens is 310 g/mol. The third-order valence-electron chi connectivity index (χ3n) is 4.50. The summed E-state index contributed by atoms with van der Waals surface area (Å²) in [5.41, 5.74) is 4.06. The van der Waals surface area contributed by atoms with Crippen molar-refractivity contribution in [1.29, 1.82) is 0 Å². The largest absolute Gasteiger partial charge is 0.377 e. The molecule has 1 N–H and O–H groups in total. The van der Waals surface area contributed by atoms with E-state index in [4.69, 9.17) is 0 Å². The molecule has 100 valence electrons. The van der Waals surface area contributed by atoms with Crippen molar-refractivity contribution < 1.29 is 0 Å². The Balaban J connectivity index is 1.83. The monoisotopic (exact) mass is 325 g/mol. The molecule has 2 aromatic carbocycles. The summed E-state index contributed by atoms with van der Waals surface area (Å²) in [5.74, 6) is 1.16. The zero-order valence-corrected chi connectivity index (χ0v) is 12.7. The molecule has 0 bridgehead atoms. The lowest BCUT2D eigenvalue weighted by Gasteiger charge is -2.38.